The monoisotopic (exact) mass is 406 g/mol. The number of hydrogen-bond acceptors (Lipinski definition) is 5. The number of H-pyrrole nitrogens is 1. The van der Waals surface area contributed by atoms with Gasteiger partial charge in [-0.15, -0.1) is 0 Å². The number of fused-ring (bicyclic) bond motifs is 1. The molecule has 0 aliphatic rings. The number of nitrogens with one attached hydrogen (secondary N) is 3. The van der Waals surface area contributed by atoms with Gasteiger partial charge in [-0.3, -0.25) is 25.1 Å². The quantitative estimate of drug-likeness (QED) is 0.337. The molecule has 146 valence electrons. The molecule has 0 bridgehead atoms. The summed E-state index contributed by atoms with van der Waals surface area (Å²) in [5, 5.41) is 4.79. The third-order valence-electron chi connectivity index (χ3n) is 4.14. The number of hydrogen-bond donors (Lipinski definition) is 3. The molecule has 4 aromatic rings. The van der Waals surface area contributed by atoms with E-state index in [9.17, 15) is 9.59 Å². The van der Waals surface area contributed by atoms with E-state index in [2.05, 4.69) is 25.9 Å². The molecule has 2 heterocycles. The molecule has 8 nitrogen and oxygen atoms in total. The fourth-order valence-electron chi connectivity index (χ4n) is 2.68. The van der Waals surface area contributed by atoms with Crippen LogP contribution in [-0.4, -0.2) is 31.6 Å². The van der Waals surface area contributed by atoms with E-state index in [1.165, 1.54) is 4.68 Å². The lowest BCUT2D eigenvalue weighted by atomic mass is 10.1. The number of thioether (sulfide) groups is 1. The van der Waals surface area contributed by atoms with Crippen LogP contribution in [-0.2, 0) is 17.1 Å². The van der Waals surface area contributed by atoms with Gasteiger partial charge in [0.05, 0.1) is 11.0 Å². The number of amides is 2. The Balaban J connectivity index is 1.27. The fraction of sp³-hybridized carbons (Fsp3) is 0.100. The summed E-state index contributed by atoms with van der Waals surface area (Å²) in [5.41, 5.74) is 8.26. The lowest BCUT2D eigenvalue weighted by Gasteiger charge is -2.08. The van der Waals surface area contributed by atoms with Crippen LogP contribution >= 0.6 is 11.8 Å². The first-order chi connectivity index (χ1) is 14.2. The number of carbonyl (C=O) groups is 2. The van der Waals surface area contributed by atoms with Crippen molar-refractivity contribution >= 4 is 34.6 Å². The first kappa shape index (κ1) is 18.8. The van der Waals surface area contributed by atoms with Gasteiger partial charge in [-0.05, 0) is 35.9 Å². The third kappa shape index (κ3) is 4.82. The standard InChI is InChI=1S/C20H18N6O2S/c27-18(12-26-11-3-10-21-26)24-25-19(28)15-8-6-14(7-9-15)13-29-20-22-16-4-1-2-5-17(16)23-20/h1-11H,12-13H2,(H,22,23)(H,24,27)(H,25,28). The van der Waals surface area contributed by atoms with Crippen molar-refractivity contribution < 1.29 is 9.59 Å². The minimum Gasteiger partial charge on any atom is -0.333 e. The summed E-state index contributed by atoms with van der Waals surface area (Å²) in [4.78, 5) is 31.8. The van der Waals surface area contributed by atoms with Crippen LogP contribution in [0.1, 0.15) is 15.9 Å². The number of aromatic nitrogens is 4. The molecular weight excluding hydrogens is 388 g/mol. The van der Waals surface area contributed by atoms with Crippen molar-refractivity contribution in [1.29, 1.82) is 0 Å². The summed E-state index contributed by atoms with van der Waals surface area (Å²) in [7, 11) is 0. The molecule has 0 radical (unpaired) electrons. The van der Waals surface area contributed by atoms with Gasteiger partial charge in [-0.2, -0.15) is 5.10 Å². The lowest BCUT2D eigenvalue weighted by Crippen LogP contribution is -2.43. The van der Waals surface area contributed by atoms with Crippen LogP contribution in [0, 0.1) is 0 Å². The number of rotatable bonds is 6. The minimum atomic E-state index is -0.379. The zero-order chi connectivity index (χ0) is 20.1. The second-order valence-corrected chi connectivity index (χ2v) is 7.21. The Kier molecular flexibility index (Phi) is 5.57. The molecule has 9 heteroatoms. The number of aromatic amines is 1. The average Bonchev–Trinajstić information content (AvgIpc) is 3.40. The molecule has 0 saturated carbocycles. The smallest absolute Gasteiger partial charge is 0.269 e. The van der Waals surface area contributed by atoms with Crippen LogP contribution in [0.15, 0.2) is 72.1 Å². The molecule has 0 spiro atoms. The molecule has 4 rings (SSSR count). The van der Waals surface area contributed by atoms with E-state index in [0.29, 0.717) is 5.56 Å². The summed E-state index contributed by atoms with van der Waals surface area (Å²) >= 11 is 1.60. The van der Waals surface area contributed by atoms with Crippen molar-refractivity contribution in [2.75, 3.05) is 0 Å². The Morgan fingerprint density at radius 1 is 1.03 bits per heavy atom. The van der Waals surface area contributed by atoms with Gasteiger partial charge < -0.3 is 4.98 Å². The predicted molar refractivity (Wildman–Crippen MR) is 110 cm³/mol. The first-order valence-corrected chi connectivity index (χ1v) is 9.89. The highest BCUT2D eigenvalue weighted by molar-refractivity contribution is 7.98. The molecule has 0 aliphatic heterocycles. The van der Waals surface area contributed by atoms with E-state index in [1.807, 2.05) is 36.4 Å². The molecule has 0 aliphatic carbocycles. The minimum absolute atomic E-state index is 0.0330. The SMILES string of the molecule is O=C(Cn1cccn1)NNC(=O)c1ccc(CSc2nc3ccccc3[nH]2)cc1. The molecule has 0 fully saturated rings. The van der Waals surface area contributed by atoms with Crippen molar-refractivity contribution in [2.45, 2.75) is 17.5 Å². The summed E-state index contributed by atoms with van der Waals surface area (Å²) in [6.45, 7) is 0.0330. The van der Waals surface area contributed by atoms with Gasteiger partial charge in [0, 0.05) is 23.7 Å². The second kappa shape index (κ2) is 8.61. The summed E-state index contributed by atoms with van der Waals surface area (Å²) in [6, 6.07) is 16.8. The molecule has 2 aromatic carbocycles. The van der Waals surface area contributed by atoms with E-state index in [4.69, 9.17) is 0 Å². The number of benzene rings is 2. The Morgan fingerprint density at radius 3 is 2.62 bits per heavy atom. The van der Waals surface area contributed by atoms with Crippen LogP contribution in [0.5, 0.6) is 0 Å². The van der Waals surface area contributed by atoms with E-state index in [0.717, 1.165) is 27.5 Å². The first-order valence-electron chi connectivity index (χ1n) is 8.90. The molecule has 3 N–H and O–H groups in total. The highest BCUT2D eigenvalue weighted by Gasteiger charge is 2.09. The zero-order valence-electron chi connectivity index (χ0n) is 15.3. The Hall–Kier alpha value is -3.59. The summed E-state index contributed by atoms with van der Waals surface area (Å²) < 4.78 is 1.47. The maximum atomic E-state index is 12.2. The molecule has 0 unspecified atom stereocenters. The highest BCUT2D eigenvalue weighted by atomic mass is 32.2. The Labute approximate surface area is 170 Å². The fourth-order valence-corrected chi connectivity index (χ4v) is 3.52. The van der Waals surface area contributed by atoms with Crippen molar-refractivity contribution in [3.8, 4) is 0 Å². The molecule has 2 aromatic heterocycles. The number of carbonyl (C=O) groups excluding carboxylic acids is 2. The second-order valence-electron chi connectivity index (χ2n) is 6.25. The summed E-state index contributed by atoms with van der Waals surface area (Å²) in [6.07, 6.45) is 3.25. The van der Waals surface area contributed by atoms with Gasteiger partial charge in [0.1, 0.15) is 6.54 Å². The van der Waals surface area contributed by atoms with E-state index >= 15 is 0 Å². The molecule has 2 amide bonds. The van der Waals surface area contributed by atoms with E-state index in [-0.39, 0.29) is 18.4 Å². The molecule has 29 heavy (non-hydrogen) atoms. The average molecular weight is 406 g/mol. The van der Waals surface area contributed by atoms with Crippen molar-refractivity contribution in [1.82, 2.24) is 30.6 Å². The van der Waals surface area contributed by atoms with E-state index < -0.39 is 0 Å². The van der Waals surface area contributed by atoms with Gasteiger partial charge >= 0.3 is 0 Å². The van der Waals surface area contributed by atoms with Crippen molar-refractivity contribution in [2.24, 2.45) is 0 Å². The highest BCUT2D eigenvalue weighted by Crippen LogP contribution is 2.23. The number of nitrogens with zero attached hydrogens (tertiary/aromatic N) is 3. The normalized spacial score (nSPS) is 10.8. The zero-order valence-corrected chi connectivity index (χ0v) is 16.1. The van der Waals surface area contributed by atoms with Crippen molar-refractivity contribution in [3.63, 3.8) is 0 Å². The molecule has 0 saturated heterocycles. The predicted octanol–water partition coefficient (Wildman–Crippen LogP) is 2.51. The van der Waals surface area contributed by atoms with Crippen LogP contribution in [0.2, 0.25) is 0 Å². The van der Waals surface area contributed by atoms with Gasteiger partial charge in [-0.1, -0.05) is 36.0 Å². The van der Waals surface area contributed by atoms with Crippen LogP contribution in [0.3, 0.4) is 0 Å². The lowest BCUT2D eigenvalue weighted by molar-refractivity contribution is -0.122. The Bertz CT molecular complexity index is 1090. The van der Waals surface area contributed by atoms with Crippen LogP contribution < -0.4 is 10.9 Å². The topological polar surface area (TPSA) is 105 Å². The van der Waals surface area contributed by atoms with Crippen LogP contribution in [0.25, 0.3) is 11.0 Å². The Morgan fingerprint density at radius 2 is 1.86 bits per heavy atom. The molecule has 0 atom stereocenters. The number of hydrazine groups is 1. The largest absolute Gasteiger partial charge is 0.333 e. The number of imidazole rings is 1. The van der Waals surface area contributed by atoms with Gasteiger partial charge in [0.15, 0.2) is 5.16 Å². The van der Waals surface area contributed by atoms with Gasteiger partial charge in [0.2, 0.25) is 0 Å². The van der Waals surface area contributed by atoms with E-state index in [1.54, 1.807) is 42.4 Å². The summed E-state index contributed by atoms with van der Waals surface area (Å²) in [5.74, 6) is -0.0151. The van der Waals surface area contributed by atoms with Crippen molar-refractivity contribution in [3.05, 3.63) is 78.1 Å². The maximum absolute atomic E-state index is 12.2. The maximum Gasteiger partial charge on any atom is 0.269 e. The third-order valence-corrected chi connectivity index (χ3v) is 5.08. The van der Waals surface area contributed by atoms with Gasteiger partial charge in [-0.25, -0.2) is 4.98 Å². The van der Waals surface area contributed by atoms with Gasteiger partial charge in [0.25, 0.3) is 11.8 Å². The molecular formula is C20H18N6O2S. The van der Waals surface area contributed by atoms with Crippen LogP contribution in [0.4, 0.5) is 0 Å². The number of para-hydroxylation sites is 2.